The smallest absolute Gasteiger partial charge is 0.310 e. The van der Waals surface area contributed by atoms with Crippen LogP contribution in [-0.4, -0.2) is 36.5 Å². The van der Waals surface area contributed by atoms with Crippen LogP contribution in [0.2, 0.25) is 5.02 Å². The van der Waals surface area contributed by atoms with Gasteiger partial charge in [-0.05, 0) is 38.0 Å². The first-order valence-corrected chi connectivity index (χ1v) is 7.41. The third-order valence-electron chi connectivity index (χ3n) is 3.55. The lowest BCUT2D eigenvalue weighted by Gasteiger charge is -2.31. The summed E-state index contributed by atoms with van der Waals surface area (Å²) in [6.45, 7) is 3.10. The normalized spacial score (nSPS) is 18.4. The quantitative estimate of drug-likeness (QED) is 0.687. The SMILES string of the molecule is CCOC(=O)C1CCCN(C(=O)c2cc(N)ccc2Cl)C1. The van der Waals surface area contributed by atoms with Gasteiger partial charge in [0.2, 0.25) is 0 Å². The molecule has 0 saturated carbocycles. The molecule has 2 rings (SSSR count). The van der Waals surface area contributed by atoms with Crippen LogP contribution in [0.3, 0.4) is 0 Å². The highest BCUT2D eigenvalue weighted by atomic mass is 35.5. The molecule has 2 N–H and O–H groups in total. The molecule has 1 aliphatic heterocycles. The number of rotatable bonds is 3. The Labute approximate surface area is 129 Å². The van der Waals surface area contributed by atoms with Crippen molar-refractivity contribution in [3.05, 3.63) is 28.8 Å². The predicted molar refractivity (Wildman–Crippen MR) is 81.1 cm³/mol. The van der Waals surface area contributed by atoms with Gasteiger partial charge < -0.3 is 15.4 Å². The first-order chi connectivity index (χ1) is 10.0. The Hall–Kier alpha value is -1.75. The average molecular weight is 311 g/mol. The number of carbonyl (C=O) groups excluding carboxylic acids is 2. The number of hydrogen-bond acceptors (Lipinski definition) is 4. The minimum atomic E-state index is -0.262. The molecule has 1 atom stereocenters. The maximum Gasteiger partial charge on any atom is 0.310 e. The van der Waals surface area contributed by atoms with Gasteiger partial charge in [-0.1, -0.05) is 11.6 Å². The second-order valence-corrected chi connectivity index (χ2v) is 5.49. The molecule has 1 fully saturated rings. The topological polar surface area (TPSA) is 72.6 Å². The highest BCUT2D eigenvalue weighted by Crippen LogP contribution is 2.24. The first kappa shape index (κ1) is 15.6. The fraction of sp³-hybridized carbons (Fsp3) is 0.467. The third kappa shape index (κ3) is 3.67. The average Bonchev–Trinajstić information content (AvgIpc) is 2.49. The fourth-order valence-corrected chi connectivity index (χ4v) is 2.69. The molecule has 0 radical (unpaired) electrons. The Morgan fingerprint density at radius 3 is 2.95 bits per heavy atom. The van der Waals surface area contributed by atoms with Crippen molar-refractivity contribution in [3.63, 3.8) is 0 Å². The van der Waals surface area contributed by atoms with Crippen LogP contribution < -0.4 is 5.73 Å². The number of nitrogens with zero attached hydrogens (tertiary/aromatic N) is 1. The summed E-state index contributed by atoms with van der Waals surface area (Å²) in [7, 11) is 0. The number of anilines is 1. The van der Waals surface area contributed by atoms with Crippen LogP contribution in [0.1, 0.15) is 30.1 Å². The minimum Gasteiger partial charge on any atom is -0.466 e. The number of halogens is 1. The van der Waals surface area contributed by atoms with Crippen LogP contribution >= 0.6 is 11.6 Å². The zero-order chi connectivity index (χ0) is 15.4. The monoisotopic (exact) mass is 310 g/mol. The third-order valence-corrected chi connectivity index (χ3v) is 3.88. The standard InChI is InChI=1S/C15H19ClN2O3/c1-2-21-15(20)10-4-3-7-18(9-10)14(19)12-8-11(17)5-6-13(12)16/h5-6,8,10H,2-4,7,9,17H2,1H3. The van der Waals surface area contributed by atoms with Gasteiger partial charge in [-0.3, -0.25) is 9.59 Å². The zero-order valence-corrected chi connectivity index (χ0v) is 12.7. The number of esters is 1. The summed E-state index contributed by atoms with van der Waals surface area (Å²) < 4.78 is 5.04. The minimum absolute atomic E-state index is 0.193. The van der Waals surface area contributed by atoms with Gasteiger partial charge in [-0.25, -0.2) is 0 Å². The Bertz CT molecular complexity index is 548. The van der Waals surface area contributed by atoms with Gasteiger partial charge >= 0.3 is 5.97 Å². The molecular weight excluding hydrogens is 292 g/mol. The van der Waals surface area contributed by atoms with Crippen molar-refractivity contribution < 1.29 is 14.3 Å². The number of likely N-dealkylation sites (tertiary alicyclic amines) is 1. The molecule has 0 spiro atoms. The van der Waals surface area contributed by atoms with Gasteiger partial charge in [0.1, 0.15) is 0 Å². The number of nitrogens with two attached hydrogens (primary N) is 1. The van der Waals surface area contributed by atoms with Crippen LogP contribution in [0.15, 0.2) is 18.2 Å². The van der Waals surface area contributed by atoms with E-state index < -0.39 is 0 Å². The molecule has 114 valence electrons. The van der Waals surface area contributed by atoms with Crippen molar-refractivity contribution in [1.29, 1.82) is 0 Å². The van der Waals surface area contributed by atoms with E-state index in [1.165, 1.54) is 0 Å². The van der Waals surface area contributed by atoms with E-state index in [1.54, 1.807) is 30.0 Å². The number of ether oxygens (including phenoxy) is 1. The molecule has 1 aromatic rings. The van der Waals surface area contributed by atoms with Gasteiger partial charge in [0.15, 0.2) is 0 Å². The Morgan fingerprint density at radius 2 is 2.24 bits per heavy atom. The van der Waals surface area contributed by atoms with E-state index in [1.807, 2.05) is 0 Å². The molecule has 1 aliphatic rings. The van der Waals surface area contributed by atoms with Gasteiger partial charge in [0.25, 0.3) is 5.91 Å². The van der Waals surface area contributed by atoms with Gasteiger partial charge in [-0.15, -0.1) is 0 Å². The Kier molecular flexibility index (Phi) is 5.07. The van der Waals surface area contributed by atoms with E-state index >= 15 is 0 Å². The number of carbonyl (C=O) groups is 2. The van der Waals surface area contributed by atoms with Crippen LogP contribution in [0, 0.1) is 5.92 Å². The molecule has 21 heavy (non-hydrogen) atoms. The van der Waals surface area contributed by atoms with Crippen molar-refractivity contribution >= 4 is 29.2 Å². The number of nitrogen functional groups attached to an aromatic ring is 1. The lowest BCUT2D eigenvalue weighted by atomic mass is 9.97. The first-order valence-electron chi connectivity index (χ1n) is 7.04. The number of benzene rings is 1. The lowest BCUT2D eigenvalue weighted by molar-refractivity contribution is -0.149. The summed E-state index contributed by atoms with van der Waals surface area (Å²) in [5.74, 6) is -0.697. The van der Waals surface area contributed by atoms with E-state index in [0.717, 1.165) is 12.8 Å². The highest BCUT2D eigenvalue weighted by Gasteiger charge is 2.30. The molecule has 6 heteroatoms. The van der Waals surface area contributed by atoms with Gasteiger partial charge in [-0.2, -0.15) is 0 Å². The highest BCUT2D eigenvalue weighted by molar-refractivity contribution is 6.34. The summed E-state index contributed by atoms with van der Waals surface area (Å²) in [6.07, 6.45) is 1.52. The molecule has 0 bridgehead atoms. The van der Waals surface area contributed by atoms with Crippen LogP contribution in [-0.2, 0) is 9.53 Å². The molecule has 1 saturated heterocycles. The molecule has 1 unspecified atom stereocenters. The summed E-state index contributed by atoms with van der Waals surface area (Å²) in [5, 5.41) is 0.368. The molecule has 0 aliphatic carbocycles. The lowest BCUT2D eigenvalue weighted by Crippen LogP contribution is -2.42. The van der Waals surface area contributed by atoms with Crippen LogP contribution in [0.25, 0.3) is 0 Å². The summed E-state index contributed by atoms with van der Waals surface area (Å²) in [5.41, 5.74) is 6.57. The number of piperidine rings is 1. The molecule has 0 aromatic heterocycles. The van der Waals surface area contributed by atoms with Crippen molar-refractivity contribution in [1.82, 2.24) is 4.90 Å². The van der Waals surface area contributed by atoms with Crippen molar-refractivity contribution in [3.8, 4) is 0 Å². The maximum absolute atomic E-state index is 12.5. The molecule has 5 nitrogen and oxygen atoms in total. The van der Waals surface area contributed by atoms with Gasteiger partial charge in [0.05, 0.1) is 23.1 Å². The van der Waals surface area contributed by atoms with E-state index in [0.29, 0.717) is 36.0 Å². The number of amides is 1. The molecule has 1 heterocycles. The summed E-state index contributed by atoms with van der Waals surface area (Å²) in [4.78, 5) is 26.0. The molecule has 1 amide bonds. The second-order valence-electron chi connectivity index (χ2n) is 5.08. The van der Waals surface area contributed by atoms with E-state index in [9.17, 15) is 9.59 Å². The number of hydrogen-bond donors (Lipinski definition) is 1. The second kappa shape index (κ2) is 6.80. The Balaban J connectivity index is 2.12. The van der Waals surface area contributed by atoms with E-state index in [4.69, 9.17) is 22.1 Å². The van der Waals surface area contributed by atoms with E-state index in [2.05, 4.69) is 0 Å². The predicted octanol–water partition coefficient (Wildman–Crippen LogP) is 2.34. The van der Waals surface area contributed by atoms with E-state index in [-0.39, 0.29) is 17.8 Å². The van der Waals surface area contributed by atoms with Gasteiger partial charge in [0, 0.05) is 18.8 Å². The zero-order valence-electron chi connectivity index (χ0n) is 12.0. The molecule has 1 aromatic carbocycles. The largest absolute Gasteiger partial charge is 0.466 e. The van der Waals surface area contributed by atoms with Crippen LogP contribution in [0.5, 0.6) is 0 Å². The Morgan fingerprint density at radius 1 is 1.48 bits per heavy atom. The summed E-state index contributed by atoms with van der Waals surface area (Å²) >= 11 is 6.06. The summed E-state index contributed by atoms with van der Waals surface area (Å²) in [6, 6.07) is 4.83. The van der Waals surface area contributed by atoms with Crippen molar-refractivity contribution in [2.45, 2.75) is 19.8 Å². The molecular formula is C15H19ClN2O3. The fourth-order valence-electron chi connectivity index (χ4n) is 2.49. The maximum atomic E-state index is 12.5. The van der Waals surface area contributed by atoms with Crippen molar-refractivity contribution in [2.24, 2.45) is 5.92 Å². The van der Waals surface area contributed by atoms with Crippen molar-refractivity contribution in [2.75, 3.05) is 25.4 Å². The van der Waals surface area contributed by atoms with Crippen LogP contribution in [0.4, 0.5) is 5.69 Å².